The molecule has 0 amide bonds. The first-order valence-electron chi connectivity index (χ1n) is 5.96. The summed E-state index contributed by atoms with van der Waals surface area (Å²) in [7, 11) is 3.15. The van der Waals surface area contributed by atoms with E-state index in [1.165, 1.54) is 0 Å². The number of hydrogen-bond acceptors (Lipinski definition) is 3. The Morgan fingerprint density at radius 1 is 1.28 bits per heavy atom. The van der Waals surface area contributed by atoms with Crippen LogP contribution in [0.2, 0.25) is 0 Å². The summed E-state index contributed by atoms with van der Waals surface area (Å²) in [5, 5.41) is 8.77. The van der Waals surface area contributed by atoms with Gasteiger partial charge >= 0.3 is 5.97 Å². The molecule has 0 bridgehead atoms. The fourth-order valence-electron chi connectivity index (χ4n) is 1.83. The summed E-state index contributed by atoms with van der Waals surface area (Å²) in [4.78, 5) is 10.7. The molecule has 0 spiro atoms. The Hall–Kier alpha value is -1.71. The van der Waals surface area contributed by atoms with Crippen molar-refractivity contribution in [3.05, 3.63) is 23.3 Å². The molecule has 0 heterocycles. The van der Waals surface area contributed by atoms with Gasteiger partial charge in [-0.05, 0) is 29.5 Å². The van der Waals surface area contributed by atoms with Gasteiger partial charge in [0.05, 0.1) is 14.2 Å². The van der Waals surface area contributed by atoms with Crippen molar-refractivity contribution in [2.45, 2.75) is 32.6 Å². The number of aryl methyl sites for hydroxylation is 1. The maximum atomic E-state index is 10.7. The van der Waals surface area contributed by atoms with Crippen LogP contribution in [0.4, 0.5) is 0 Å². The second-order valence-electron chi connectivity index (χ2n) is 4.46. The molecule has 0 unspecified atom stereocenters. The highest BCUT2D eigenvalue weighted by Gasteiger charge is 2.14. The van der Waals surface area contributed by atoms with Crippen LogP contribution in [-0.2, 0) is 11.2 Å². The Morgan fingerprint density at radius 3 is 2.39 bits per heavy atom. The summed E-state index contributed by atoms with van der Waals surface area (Å²) >= 11 is 0. The number of methoxy groups -OCH3 is 2. The molecule has 1 rings (SSSR count). The van der Waals surface area contributed by atoms with Gasteiger partial charge in [-0.15, -0.1) is 0 Å². The second kappa shape index (κ2) is 6.28. The van der Waals surface area contributed by atoms with Crippen LogP contribution in [0, 0.1) is 0 Å². The molecular formula is C14H20O4. The van der Waals surface area contributed by atoms with E-state index in [4.69, 9.17) is 14.6 Å². The van der Waals surface area contributed by atoms with Gasteiger partial charge in [0.15, 0.2) is 11.5 Å². The molecule has 0 saturated carbocycles. The highest BCUT2D eigenvalue weighted by molar-refractivity contribution is 5.67. The number of aliphatic carboxylic acids is 1. The third-order valence-electron chi connectivity index (χ3n) is 2.85. The molecule has 0 saturated heterocycles. The number of hydrogen-bond donors (Lipinski definition) is 1. The highest BCUT2D eigenvalue weighted by Crippen LogP contribution is 2.35. The second-order valence-corrected chi connectivity index (χ2v) is 4.46. The van der Waals surface area contributed by atoms with Gasteiger partial charge in [0.1, 0.15) is 0 Å². The molecule has 0 atom stereocenters. The maximum Gasteiger partial charge on any atom is 0.303 e. The van der Waals surface area contributed by atoms with E-state index >= 15 is 0 Å². The van der Waals surface area contributed by atoms with Crippen LogP contribution in [0.1, 0.15) is 37.3 Å². The van der Waals surface area contributed by atoms with E-state index in [0.717, 1.165) is 11.1 Å². The predicted molar refractivity (Wildman–Crippen MR) is 69.6 cm³/mol. The van der Waals surface area contributed by atoms with Crippen LogP contribution in [0.5, 0.6) is 11.5 Å². The quantitative estimate of drug-likeness (QED) is 0.845. The Balaban J connectivity index is 3.17. The minimum atomic E-state index is -0.814. The zero-order valence-electron chi connectivity index (χ0n) is 11.3. The number of benzene rings is 1. The molecular weight excluding hydrogens is 232 g/mol. The van der Waals surface area contributed by atoms with Crippen molar-refractivity contribution in [3.8, 4) is 11.5 Å². The molecule has 4 nitrogen and oxygen atoms in total. The predicted octanol–water partition coefficient (Wildman–Crippen LogP) is 2.84. The van der Waals surface area contributed by atoms with E-state index in [0.29, 0.717) is 23.8 Å². The first-order valence-corrected chi connectivity index (χ1v) is 5.96. The lowest BCUT2D eigenvalue weighted by Gasteiger charge is -2.16. The normalized spacial score (nSPS) is 10.5. The average molecular weight is 252 g/mol. The standard InChI is InChI=1S/C14H20O4/c1-9(2)11-7-10(5-6-13(15)16)14(18-4)12(8-11)17-3/h7-9H,5-6H2,1-4H3,(H,15,16). The van der Waals surface area contributed by atoms with Gasteiger partial charge in [-0.25, -0.2) is 0 Å². The molecule has 0 aliphatic carbocycles. The van der Waals surface area contributed by atoms with Crippen LogP contribution in [0.3, 0.4) is 0 Å². The fourth-order valence-corrected chi connectivity index (χ4v) is 1.83. The van der Waals surface area contributed by atoms with E-state index in [2.05, 4.69) is 13.8 Å². The Kier molecular flexibility index (Phi) is 5.01. The van der Waals surface area contributed by atoms with E-state index < -0.39 is 5.97 Å². The number of carboxylic acid groups (broad SMARTS) is 1. The molecule has 1 aromatic carbocycles. The number of carbonyl (C=O) groups is 1. The molecule has 0 fully saturated rings. The number of carboxylic acids is 1. The molecule has 0 aliphatic rings. The Morgan fingerprint density at radius 2 is 1.94 bits per heavy atom. The molecule has 0 radical (unpaired) electrons. The smallest absolute Gasteiger partial charge is 0.303 e. The summed E-state index contributed by atoms with van der Waals surface area (Å²) in [5.41, 5.74) is 2.00. The van der Waals surface area contributed by atoms with Crippen LogP contribution in [0.25, 0.3) is 0 Å². The minimum absolute atomic E-state index is 0.0844. The van der Waals surface area contributed by atoms with Gasteiger partial charge in [-0.2, -0.15) is 0 Å². The zero-order valence-corrected chi connectivity index (χ0v) is 11.3. The van der Waals surface area contributed by atoms with Crippen LogP contribution in [0.15, 0.2) is 12.1 Å². The van der Waals surface area contributed by atoms with Crippen molar-refractivity contribution in [2.24, 2.45) is 0 Å². The lowest BCUT2D eigenvalue weighted by molar-refractivity contribution is -0.136. The van der Waals surface area contributed by atoms with Gasteiger partial charge in [0.25, 0.3) is 0 Å². The molecule has 0 aliphatic heterocycles. The maximum absolute atomic E-state index is 10.7. The molecule has 4 heteroatoms. The minimum Gasteiger partial charge on any atom is -0.493 e. The largest absolute Gasteiger partial charge is 0.493 e. The van der Waals surface area contributed by atoms with E-state index in [9.17, 15) is 4.79 Å². The van der Waals surface area contributed by atoms with Crippen LogP contribution < -0.4 is 9.47 Å². The third-order valence-corrected chi connectivity index (χ3v) is 2.85. The molecule has 18 heavy (non-hydrogen) atoms. The lowest BCUT2D eigenvalue weighted by atomic mass is 9.97. The Labute approximate surface area is 108 Å². The van der Waals surface area contributed by atoms with Gasteiger partial charge in [0, 0.05) is 6.42 Å². The molecule has 1 N–H and O–H groups in total. The van der Waals surface area contributed by atoms with Gasteiger partial charge in [0.2, 0.25) is 0 Å². The monoisotopic (exact) mass is 252 g/mol. The molecule has 0 aromatic heterocycles. The molecule has 100 valence electrons. The van der Waals surface area contributed by atoms with E-state index in [1.54, 1.807) is 14.2 Å². The van der Waals surface area contributed by atoms with Crippen molar-refractivity contribution in [1.29, 1.82) is 0 Å². The SMILES string of the molecule is COc1cc(C(C)C)cc(CCC(=O)O)c1OC. The summed E-state index contributed by atoms with van der Waals surface area (Å²) in [6.07, 6.45) is 0.524. The van der Waals surface area contributed by atoms with E-state index in [-0.39, 0.29) is 6.42 Å². The summed E-state index contributed by atoms with van der Waals surface area (Å²) in [5.74, 6) is 0.826. The van der Waals surface area contributed by atoms with Crippen molar-refractivity contribution in [3.63, 3.8) is 0 Å². The number of ether oxygens (including phenoxy) is 2. The zero-order chi connectivity index (χ0) is 13.7. The number of rotatable bonds is 6. The topological polar surface area (TPSA) is 55.8 Å². The van der Waals surface area contributed by atoms with Gasteiger partial charge < -0.3 is 14.6 Å². The summed E-state index contributed by atoms with van der Waals surface area (Å²) in [6, 6.07) is 3.93. The molecule has 1 aromatic rings. The van der Waals surface area contributed by atoms with Gasteiger partial charge in [-0.3, -0.25) is 4.79 Å². The average Bonchev–Trinajstić information content (AvgIpc) is 2.34. The lowest BCUT2D eigenvalue weighted by Crippen LogP contribution is -2.03. The van der Waals surface area contributed by atoms with Crippen molar-refractivity contribution >= 4 is 5.97 Å². The third kappa shape index (κ3) is 3.39. The van der Waals surface area contributed by atoms with Gasteiger partial charge in [-0.1, -0.05) is 19.9 Å². The first-order chi connectivity index (χ1) is 8.49. The van der Waals surface area contributed by atoms with E-state index in [1.807, 2.05) is 12.1 Å². The highest BCUT2D eigenvalue weighted by atomic mass is 16.5. The Bertz CT molecular complexity index is 424. The van der Waals surface area contributed by atoms with Crippen LogP contribution in [-0.4, -0.2) is 25.3 Å². The van der Waals surface area contributed by atoms with Crippen molar-refractivity contribution in [1.82, 2.24) is 0 Å². The van der Waals surface area contributed by atoms with Crippen LogP contribution >= 0.6 is 0 Å². The first kappa shape index (κ1) is 14.4. The summed E-state index contributed by atoms with van der Waals surface area (Å²) in [6.45, 7) is 4.17. The van der Waals surface area contributed by atoms with Crippen molar-refractivity contribution in [2.75, 3.05) is 14.2 Å². The summed E-state index contributed by atoms with van der Waals surface area (Å²) < 4.78 is 10.6. The fraction of sp³-hybridized carbons (Fsp3) is 0.500. The van der Waals surface area contributed by atoms with Crippen molar-refractivity contribution < 1.29 is 19.4 Å².